The van der Waals surface area contributed by atoms with E-state index in [-0.39, 0.29) is 0 Å². The van der Waals surface area contributed by atoms with E-state index in [4.69, 9.17) is 16.6 Å². The van der Waals surface area contributed by atoms with Crippen molar-refractivity contribution in [2.45, 2.75) is 19.8 Å². The molecule has 1 atom stereocenters. The molecule has 0 amide bonds. The molecule has 2 aromatic rings. The molecule has 3 rings (SSSR count). The van der Waals surface area contributed by atoms with E-state index in [1.807, 2.05) is 13.0 Å². The Kier molecular flexibility index (Phi) is 7.63. The maximum Gasteiger partial charge on any atom is 0.191 e. The zero-order valence-corrected chi connectivity index (χ0v) is 17.2. The Bertz CT molecular complexity index is 828. The number of hydrogen-bond donors (Lipinski definition) is 2. The molecular weight excluding hydrogens is 396 g/mol. The van der Waals surface area contributed by atoms with Gasteiger partial charge in [0.25, 0.3) is 0 Å². The average molecular weight is 422 g/mol. The number of nitrogens with zero attached hydrogens (tertiary/aromatic N) is 3. The Labute approximate surface area is 175 Å². The summed E-state index contributed by atoms with van der Waals surface area (Å²) in [6.07, 6.45) is 3.57. The predicted molar refractivity (Wildman–Crippen MR) is 114 cm³/mol. The fourth-order valence-electron chi connectivity index (χ4n) is 3.34. The Morgan fingerprint density at radius 1 is 1.24 bits per heavy atom. The highest BCUT2D eigenvalue weighted by molar-refractivity contribution is 6.29. The van der Waals surface area contributed by atoms with E-state index in [0.29, 0.717) is 17.6 Å². The number of hydrogen-bond acceptors (Lipinski definition) is 3. The summed E-state index contributed by atoms with van der Waals surface area (Å²) in [5, 5.41) is 7.08. The van der Waals surface area contributed by atoms with Crippen LogP contribution < -0.4 is 15.5 Å². The van der Waals surface area contributed by atoms with E-state index in [2.05, 4.69) is 20.5 Å². The number of aliphatic imine (C=N–C) groups is 1. The second kappa shape index (κ2) is 10.4. The van der Waals surface area contributed by atoms with Crippen molar-refractivity contribution in [3.05, 3.63) is 58.9 Å². The quantitative estimate of drug-likeness (QED) is 0.407. The lowest BCUT2D eigenvalue weighted by atomic mass is 10.1. The Morgan fingerprint density at radius 3 is 2.83 bits per heavy atom. The zero-order chi connectivity index (χ0) is 20.6. The lowest BCUT2D eigenvalue weighted by Gasteiger charge is -2.18. The molecule has 0 radical (unpaired) electrons. The lowest BCUT2D eigenvalue weighted by molar-refractivity contribution is 0.508. The summed E-state index contributed by atoms with van der Waals surface area (Å²) in [5.41, 5.74) is 1.83. The van der Waals surface area contributed by atoms with E-state index in [9.17, 15) is 8.78 Å². The highest BCUT2D eigenvalue weighted by Crippen LogP contribution is 2.25. The number of rotatable bonds is 7. The van der Waals surface area contributed by atoms with Gasteiger partial charge in [-0.1, -0.05) is 17.7 Å². The maximum atomic E-state index is 13.5. The van der Waals surface area contributed by atoms with Crippen LogP contribution in [0.5, 0.6) is 0 Å². The molecule has 0 saturated carbocycles. The normalized spacial score (nSPS) is 16.9. The molecule has 1 aliphatic heterocycles. The molecule has 0 aliphatic carbocycles. The number of guanidine groups is 1. The van der Waals surface area contributed by atoms with Crippen molar-refractivity contribution >= 4 is 23.2 Å². The van der Waals surface area contributed by atoms with Crippen molar-refractivity contribution in [1.29, 1.82) is 0 Å². The van der Waals surface area contributed by atoms with Crippen molar-refractivity contribution in [2.24, 2.45) is 10.9 Å². The van der Waals surface area contributed by atoms with E-state index >= 15 is 0 Å². The molecular formula is C21H26ClF2N5. The van der Waals surface area contributed by atoms with Gasteiger partial charge in [-0.05, 0) is 49.4 Å². The van der Waals surface area contributed by atoms with Gasteiger partial charge in [-0.2, -0.15) is 0 Å². The van der Waals surface area contributed by atoms with Crippen molar-refractivity contribution in [2.75, 3.05) is 37.6 Å². The van der Waals surface area contributed by atoms with Crippen LogP contribution in [0.4, 0.5) is 14.5 Å². The average Bonchev–Trinajstić information content (AvgIpc) is 3.19. The van der Waals surface area contributed by atoms with Gasteiger partial charge in [-0.15, -0.1) is 0 Å². The number of aromatic nitrogens is 1. The second-order valence-electron chi connectivity index (χ2n) is 7.08. The van der Waals surface area contributed by atoms with E-state index < -0.39 is 11.6 Å². The predicted octanol–water partition coefficient (Wildman–Crippen LogP) is 3.64. The standard InChI is InChI=1S/C21H26ClF2N5/c1-2-25-21(26-9-7-15-3-6-20(22)27-12-15)28-13-16-8-10-29(14-16)17-4-5-18(23)19(24)11-17/h3-6,11-12,16H,2,7-10,13-14H2,1H3,(H2,25,26,28). The summed E-state index contributed by atoms with van der Waals surface area (Å²) in [4.78, 5) is 10.9. The van der Waals surface area contributed by atoms with Crippen LogP contribution in [0, 0.1) is 17.6 Å². The van der Waals surface area contributed by atoms with Crippen LogP contribution in [0.2, 0.25) is 5.15 Å². The molecule has 1 aromatic carbocycles. The minimum Gasteiger partial charge on any atom is -0.371 e. The zero-order valence-electron chi connectivity index (χ0n) is 16.5. The number of halogens is 3. The van der Waals surface area contributed by atoms with E-state index in [0.717, 1.165) is 56.2 Å². The smallest absolute Gasteiger partial charge is 0.191 e. The van der Waals surface area contributed by atoms with E-state index in [1.165, 1.54) is 12.1 Å². The SMILES string of the molecule is CCNC(=NCC1CCN(c2ccc(F)c(F)c2)C1)NCCc1ccc(Cl)nc1. The van der Waals surface area contributed by atoms with Gasteiger partial charge in [0.2, 0.25) is 0 Å². The molecule has 5 nitrogen and oxygen atoms in total. The lowest BCUT2D eigenvalue weighted by Crippen LogP contribution is -2.38. The van der Waals surface area contributed by atoms with Crippen molar-refractivity contribution in [3.8, 4) is 0 Å². The molecule has 1 aliphatic rings. The fraction of sp³-hybridized carbons (Fsp3) is 0.429. The van der Waals surface area contributed by atoms with Crippen molar-refractivity contribution < 1.29 is 8.78 Å². The van der Waals surface area contributed by atoms with Gasteiger partial charge in [0, 0.05) is 50.7 Å². The van der Waals surface area contributed by atoms with Gasteiger partial charge in [-0.25, -0.2) is 13.8 Å². The highest BCUT2D eigenvalue weighted by atomic mass is 35.5. The second-order valence-corrected chi connectivity index (χ2v) is 7.47. The van der Waals surface area contributed by atoms with Crippen LogP contribution >= 0.6 is 11.6 Å². The molecule has 1 aromatic heterocycles. The molecule has 1 fully saturated rings. The maximum absolute atomic E-state index is 13.5. The molecule has 156 valence electrons. The molecule has 1 unspecified atom stereocenters. The van der Waals surface area contributed by atoms with Crippen LogP contribution in [-0.4, -0.2) is 43.7 Å². The molecule has 2 heterocycles. The summed E-state index contributed by atoms with van der Waals surface area (Å²) >= 11 is 5.81. The first-order chi connectivity index (χ1) is 14.0. The van der Waals surface area contributed by atoms with Crippen LogP contribution in [0.25, 0.3) is 0 Å². The number of benzene rings is 1. The van der Waals surface area contributed by atoms with Gasteiger partial charge < -0.3 is 15.5 Å². The molecule has 0 bridgehead atoms. The van der Waals surface area contributed by atoms with Crippen LogP contribution in [0.15, 0.2) is 41.5 Å². The third kappa shape index (κ3) is 6.29. The Hall–Kier alpha value is -2.41. The third-order valence-electron chi connectivity index (χ3n) is 4.90. The molecule has 8 heteroatoms. The summed E-state index contributed by atoms with van der Waals surface area (Å²) < 4.78 is 26.6. The van der Waals surface area contributed by atoms with E-state index in [1.54, 1.807) is 18.3 Å². The third-order valence-corrected chi connectivity index (χ3v) is 5.12. The Morgan fingerprint density at radius 2 is 2.10 bits per heavy atom. The van der Waals surface area contributed by atoms with Crippen molar-refractivity contribution in [3.63, 3.8) is 0 Å². The number of anilines is 1. The summed E-state index contributed by atoms with van der Waals surface area (Å²) in [5.74, 6) is -0.469. The summed E-state index contributed by atoms with van der Waals surface area (Å²) in [6.45, 7) is 5.82. The van der Waals surface area contributed by atoms with Gasteiger partial charge in [-0.3, -0.25) is 4.99 Å². The van der Waals surface area contributed by atoms with Gasteiger partial charge in [0.1, 0.15) is 5.15 Å². The summed E-state index contributed by atoms with van der Waals surface area (Å²) in [7, 11) is 0. The first kappa shape index (κ1) is 21.3. The van der Waals surface area contributed by atoms with Gasteiger partial charge in [0.05, 0.1) is 0 Å². The summed E-state index contributed by atoms with van der Waals surface area (Å²) in [6, 6.07) is 7.82. The minimum absolute atomic E-state index is 0.374. The molecule has 1 saturated heterocycles. The molecule has 2 N–H and O–H groups in total. The van der Waals surface area contributed by atoms with Crippen LogP contribution in [0.1, 0.15) is 18.9 Å². The first-order valence-electron chi connectivity index (χ1n) is 9.87. The number of pyridine rings is 1. The highest BCUT2D eigenvalue weighted by Gasteiger charge is 2.23. The van der Waals surface area contributed by atoms with Crippen LogP contribution in [0.3, 0.4) is 0 Å². The largest absolute Gasteiger partial charge is 0.371 e. The molecule has 0 spiro atoms. The topological polar surface area (TPSA) is 52.6 Å². The monoisotopic (exact) mass is 421 g/mol. The molecule has 29 heavy (non-hydrogen) atoms. The Balaban J connectivity index is 1.49. The number of nitrogens with one attached hydrogen (secondary N) is 2. The van der Waals surface area contributed by atoms with Crippen LogP contribution in [-0.2, 0) is 6.42 Å². The van der Waals surface area contributed by atoms with Crippen molar-refractivity contribution in [1.82, 2.24) is 15.6 Å². The first-order valence-corrected chi connectivity index (χ1v) is 10.3. The fourth-order valence-corrected chi connectivity index (χ4v) is 3.45. The minimum atomic E-state index is -0.815. The van der Waals surface area contributed by atoms with Gasteiger partial charge in [0.15, 0.2) is 17.6 Å². The van der Waals surface area contributed by atoms with Gasteiger partial charge >= 0.3 is 0 Å².